The Bertz CT molecular complexity index is 469. The molecule has 7 nitrogen and oxygen atoms in total. The SMILES string of the molecule is C#COC(CC(=O)OCCCC)(CC(=O)OCCCC)C(=O)OCCCC. The lowest BCUT2D eigenvalue weighted by atomic mass is 9.95. The monoisotopic (exact) mass is 384 g/mol. The van der Waals surface area contributed by atoms with Gasteiger partial charge in [0.15, 0.2) is 0 Å². The molecule has 0 atom stereocenters. The second-order valence-corrected chi connectivity index (χ2v) is 6.21. The maximum absolute atomic E-state index is 12.6. The smallest absolute Gasteiger partial charge is 0.352 e. The minimum Gasteiger partial charge on any atom is -0.466 e. The summed E-state index contributed by atoms with van der Waals surface area (Å²) in [5.41, 5.74) is -1.95. The van der Waals surface area contributed by atoms with Crippen molar-refractivity contribution in [3.63, 3.8) is 0 Å². The van der Waals surface area contributed by atoms with Gasteiger partial charge in [-0.2, -0.15) is 0 Å². The molecule has 0 aliphatic carbocycles. The molecule has 0 N–H and O–H groups in total. The van der Waals surface area contributed by atoms with Crippen molar-refractivity contribution in [2.45, 2.75) is 77.7 Å². The minimum atomic E-state index is -1.95. The van der Waals surface area contributed by atoms with Crippen LogP contribution in [0.25, 0.3) is 0 Å². The lowest BCUT2D eigenvalue weighted by Gasteiger charge is -2.27. The number of esters is 3. The standard InChI is InChI=1S/C20H32O7/c1-5-9-12-24-17(21)15-20(27-8-4,19(23)26-14-11-7-3)16-18(22)25-13-10-6-2/h4H,5-7,9-16H2,1-3H3. The van der Waals surface area contributed by atoms with Crippen LogP contribution in [0.5, 0.6) is 0 Å². The number of rotatable bonds is 15. The number of carbonyl (C=O) groups is 3. The first-order valence-electron chi connectivity index (χ1n) is 9.57. The molecule has 0 fully saturated rings. The van der Waals surface area contributed by atoms with E-state index in [9.17, 15) is 14.4 Å². The van der Waals surface area contributed by atoms with Crippen molar-refractivity contribution in [3.8, 4) is 12.5 Å². The van der Waals surface area contributed by atoms with Crippen LogP contribution in [0.1, 0.15) is 72.1 Å². The Kier molecular flexibility index (Phi) is 13.7. The molecule has 0 amide bonds. The van der Waals surface area contributed by atoms with Gasteiger partial charge >= 0.3 is 17.9 Å². The number of terminal acetylenes is 1. The third-order valence-electron chi connectivity index (χ3n) is 3.74. The van der Waals surface area contributed by atoms with Crippen molar-refractivity contribution in [3.05, 3.63) is 0 Å². The zero-order valence-corrected chi connectivity index (χ0v) is 16.7. The molecule has 27 heavy (non-hydrogen) atoms. The largest absolute Gasteiger partial charge is 0.466 e. The number of ether oxygens (including phenoxy) is 4. The first kappa shape index (κ1) is 24.8. The Labute approximate surface area is 162 Å². The molecule has 0 aromatic rings. The topological polar surface area (TPSA) is 88.1 Å². The second kappa shape index (κ2) is 14.9. The molecule has 0 heterocycles. The van der Waals surface area contributed by atoms with E-state index in [1.54, 1.807) is 0 Å². The molecule has 7 heteroatoms. The zero-order chi connectivity index (χ0) is 20.5. The fourth-order valence-corrected chi connectivity index (χ4v) is 2.10. The maximum Gasteiger partial charge on any atom is 0.352 e. The quantitative estimate of drug-likeness (QED) is 0.185. The Hall–Kier alpha value is -2.23. The highest BCUT2D eigenvalue weighted by Gasteiger charge is 2.48. The van der Waals surface area contributed by atoms with Crippen LogP contribution in [0, 0.1) is 12.5 Å². The highest BCUT2D eigenvalue weighted by molar-refractivity contribution is 5.90. The van der Waals surface area contributed by atoms with Gasteiger partial charge in [0.2, 0.25) is 5.60 Å². The van der Waals surface area contributed by atoms with Crippen LogP contribution in [-0.4, -0.2) is 43.3 Å². The van der Waals surface area contributed by atoms with E-state index in [2.05, 4.69) is 0 Å². The minimum absolute atomic E-state index is 0.140. The molecule has 0 unspecified atom stereocenters. The molecule has 0 radical (unpaired) electrons. The second-order valence-electron chi connectivity index (χ2n) is 6.21. The third kappa shape index (κ3) is 10.5. The summed E-state index contributed by atoms with van der Waals surface area (Å²) >= 11 is 0. The van der Waals surface area contributed by atoms with E-state index < -0.39 is 36.4 Å². The molecule has 0 aromatic carbocycles. The summed E-state index contributed by atoms with van der Waals surface area (Å²) in [6.07, 6.45) is 10.6. The molecule has 0 aliphatic heterocycles. The van der Waals surface area contributed by atoms with Gasteiger partial charge in [-0.3, -0.25) is 9.59 Å². The van der Waals surface area contributed by atoms with Crippen LogP contribution in [0.3, 0.4) is 0 Å². The molecule has 0 aromatic heterocycles. The van der Waals surface area contributed by atoms with E-state index in [1.165, 1.54) is 0 Å². The van der Waals surface area contributed by atoms with Crippen molar-refractivity contribution >= 4 is 17.9 Å². The summed E-state index contributed by atoms with van der Waals surface area (Å²) in [5, 5.41) is 0. The van der Waals surface area contributed by atoms with E-state index in [0.29, 0.717) is 19.3 Å². The fraction of sp³-hybridized carbons (Fsp3) is 0.750. The van der Waals surface area contributed by atoms with Gasteiger partial charge in [0.1, 0.15) is 6.11 Å². The van der Waals surface area contributed by atoms with Crippen LogP contribution in [0.15, 0.2) is 0 Å². The van der Waals surface area contributed by atoms with Gasteiger partial charge in [-0.05, 0) is 19.3 Å². The van der Waals surface area contributed by atoms with Gasteiger partial charge in [0, 0.05) is 0 Å². The third-order valence-corrected chi connectivity index (χ3v) is 3.74. The van der Waals surface area contributed by atoms with E-state index in [0.717, 1.165) is 19.3 Å². The van der Waals surface area contributed by atoms with Gasteiger partial charge in [0.25, 0.3) is 0 Å². The predicted octanol–water partition coefficient (Wildman–Crippen LogP) is 3.14. The van der Waals surface area contributed by atoms with Crippen molar-refractivity contribution in [2.24, 2.45) is 0 Å². The van der Waals surface area contributed by atoms with Gasteiger partial charge in [-0.1, -0.05) is 46.5 Å². The van der Waals surface area contributed by atoms with Crippen LogP contribution < -0.4 is 0 Å². The van der Waals surface area contributed by atoms with Gasteiger partial charge in [0.05, 0.1) is 32.7 Å². The van der Waals surface area contributed by atoms with Crippen LogP contribution in [-0.2, 0) is 33.3 Å². The van der Waals surface area contributed by atoms with E-state index in [1.807, 2.05) is 26.9 Å². The van der Waals surface area contributed by atoms with Crippen LogP contribution >= 0.6 is 0 Å². The first-order valence-corrected chi connectivity index (χ1v) is 9.57. The lowest BCUT2D eigenvalue weighted by molar-refractivity contribution is -0.177. The first-order chi connectivity index (χ1) is 13.0. The van der Waals surface area contributed by atoms with Gasteiger partial charge in [-0.15, -0.1) is 0 Å². The summed E-state index contributed by atoms with van der Waals surface area (Å²) in [6, 6.07) is 0. The molecule has 0 saturated carbocycles. The molecule has 154 valence electrons. The summed E-state index contributed by atoms with van der Waals surface area (Å²) in [5.74, 6) is -2.24. The lowest BCUT2D eigenvalue weighted by Crippen LogP contribution is -2.46. The highest BCUT2D eigenvalue weighted by atomic mass is 16.6. The van der Waals surface area contributed by atoms with E-state index in [4.69, 9.17) is 25.4 Å². The molecule has 0 spiro atoms. The summed E-state index contributed by atoms with van der Waals surface area (Å²) < 4.78 is 20.5. The van der Waals surface area contributed by atoms with Crippen LogP contribution in [0.2, 0.25) is 0 Å². The van der Waals surface area contributed by atoms with E-state index in [-0.39, 0.29) is 19.8 Å². The van der Waals surface area contributed by atoms with Crippen molar-refractivity contribution < 1.29 is 33.3 Å². The van der Waals surface area contributed by atoms with E-state index >= 15 is 0 Å². The van der Waals surface area contributed by atoms with Gasteiger partial charge < -0.3 is 18.9 Å². The Morgan fingerprint density at radius 2 is 1.19 bits per heavy atom. The molecule has 0 aliphatic rings. The zero-order valence-electron chi connectivity index (χ0n) is 16.7. The van der Waals surface area contributed by atoms with Gasteiger partial charge in [-0.25, -0.2) is 4.79 Å². The number of hydrogen-bond acceptors (Lipinski definition) is 7. The Balaban J connectivity index is 5.24. The number of hydrogen-bond donors (Lipinski definition) is 0. The predicted molar refractivity (Wildman–Crippen MR) is 99.5 cm³/mol. The summed E-state index contributed by atoms with van der Waals surface area (Å²) in [6.45, 7) is 6.42. The average molecular weight is 384 g/mol. The fourth-order valence-electron chi connectivity index (χ4n) is 2.10. The normalized spacial score (nSPS) is 10.6. The maximum atomic E-state index is 12.6. The molecule has 0 bridgehead atoms. The highest BCUT2D eigenvalue weighted by Crippen LogP contribution is 2.25. The summed E-state index contributed by atoms with van der Waals surface area (Å²) in [4.78, 5) is 36.9. The average Bonchev–Trinajstić information content (AvgIpc) is 2.62. The van der Waals surface area contributed by atoms with Crippen molar-refractivity contribution in [1.29, 1.82) is 0 Å². The number of carbonyl (C=O) groups excluding carboxylic acids is 3. The molecule has 0 saturated heterocycles. The Morgan fingerprint density at radius 3 is 1.56 bits per heavy atom. The number of unbranched alkanes of at least 4 members (excludes halogenated alkanes) is 3. The Morgan fingerprint density at radius 1 is 0.778 bits per heavy atom. The summed E-state index contributed by atoms with van der Waals surface area (Å²) in [7, 11) is 0. The van der Waals surface area contributed by atoms with Crippen molar-refractivity contribution in [2.75, 3.05) is 19.8 Å². The molecule has 0 rings (SSSR count). The van der Waals surface area contributed by atoms with Crippen molar-refractivity contribution in [1.82, 2.24) is 0 Å². The van der Waals surface area contributed by atoms with Crippen LogP contribution in [0.4, 0.5) is 0 Å². The molecular weight excluding hydrogens is 352 g/mol. The molecular formula is C20H32O7.